The summed E-state index contributed by atoms with van der Waals surface area (Å²) in [6.07, 6.45) is 0. The Morgan fingerprint density at radius 1 is 1.00 bits per heavy atom. The molecule has 2 N–H and O–H groups in total. The van der Waals surface area contributed by atoms with Crippen molar-refractivity contribution >= 4 is 22.5 Å². The summed E-state index contributed by atoms with van der Waals surface area (Å²) in [5.74, 6) is 0.633. The molecule has 0 radical (unpaired) electrons. The van der Waals surface area contributed by atoms with E-state index in [0.717, 1.165) is 11.4 Å². The minimum atomic E-state index is -0.149. The molecular weight excluding hydrogens is 338 g/mol. The van der Waals surface area contributed by atoms with Crippen molar-refractivity contribution in [1.82, 2.24) is 9.55 Å². The number of hydrogen-bond acceptors (Lipinski definition) is 4. The van der Waals surface area contributed by atoms with E-state index >= 15 is 0 Å². The van der Waals surface area contributed by atoms with E-state index in [4.69, 9.17) is 0 Å². The van der Waals surface area contributed by atoms with Gasteiger partial charge in [-0.15, -0.1) is 0 Å². The average Bonchev–Trinajstić information content (AvgIpc) is 2.69. The highest BCUT2D eigenvalue weighted by Gasteiger charge is 2.14. The number of hydrogen-bond donors (Lipinski definition) is 2. The first-order chi connectivity index (χ1) is 13.2. The smallest absolute Gasteiger partial charge is 0.193 e. The Labute approximate surface area is 156 Å². The van der Waals surface area contributed by atoms with E-state index in [-0.39, 0.29) is 12.0 Å². The zero-order chi connectivity index (χ0) is 18.8. The molecule has 0 aliphatic carbocycles. The van der Waals surface area contributed by atoms with E-state index in [0.29, 0.717) is 28.1 Å². The van der Waals surface area contributed by atoms with E-state index < -0.39 is 0 Å². The fourth-order valence-electron chi connectivity index (χ4n) is 3.13. The van der Waals surface area contributed by atoms with Crippen molar-refractivity contribution in [3.8, 4) is 5.69 Å². The molecule has 0 saturated heterocycles. The molecule has 5 heteroatoms. The minimum absolute atomic E-state index is 0.141. The van der Waals surface area contributed by atoms with Gasteiger partial charge >= 0.3 is 0 Å². The summed E-state index contributed by atoms with van der Waals surface area (Å²) in [5, 5.41) is 13.3. The van der Waals surface area contributed by atoms with E-state index in [1.54, 1.807) is 12.1 Å². The first-order valence-corrected chi connectivity index (χ1v) is 8.72. The highest BCUT2D eigenvalue weighted by molar-refractivity contribution is 5.81. The lowest BCUT2D eigenvalue weighted by Gasteiger charge is -2.18. The zero-order valence-electron chi connectivity index (χ0n) is 14.9. The van der Waals surface area contributed by atoms with Gasteiger partial charge in [-0.25, -0.2) is 4.98 Å². The van der Waals surface area contributed by atoms with Crippen LogP contribution in [0.5, 0.6) is 0 Å². The van der Waals surface area contributed by atoms with Crippen LogP contribution < -0.4 is 10.7 Å². The molecule has 0 aliphatic heterocycles. The van der Waals surface area contributed by atoms with Crippen LogP contribution in [0.4, 0.5) is 11.5 Å². The maximum atomic E-state index is 12.8. The van der Waals surface area contributed by atoms with Crippen LogP contribution in [0.15, 0.2) is 77.6 Å². The number of nitrogens with one attached hydrogen (secondary N) is 1. The van der Waals surface area contributed by atoms with Crippen LogP contribution >= 0.6 is 0 Å². The van der Waals surface area contributed by atoms with Gasteiger partial charge in [-0.1, -0.05) is 36.4 Å². The average molecular weight is 357 g/mol. The lowest BCUT2D eigenvalue weighted by atomic mass is 10.1. The molecule has 0 spiro atoms. The van der Waals surface area contributed by atoms with Crippen molar-refractivity contribution in [3.63, 3.8) is 0 Å². The summed E-state index contributed by atoms with van der Waals surface area (Å²) in [5.41, 5.74) is 3.54. The molecule has 27 heavy (non-hydrogen) atoms. The molecule has 0 saturated carbocycles. The van der Waals surface area contributed by atoms with Gasteiger partial charge in [-0.3, -0.25) is 9.36 Å². The fraction of sp³-hybridized carbons (Fsp3) is 0.0909. The largest absolute Gasteiger partial charge is 0.392 e. The molecule has 0 atom stereocenters. The SMILES string of the molecule is Cc1nc2c(cc1CO)c(=O)cc(Nc1ccccc1)n2-c1ccccc1. The van der Waals surface area contributed by atoms with Crippen molar-refractivity contribution < 1.29 is 5.11 Å². The number of aromatic nitrogens is 2. The molecular formula is C22H19N3O2. The molecule has 2 aromatic heterocycles. The van der Waals surface area contributed by atoms with E-state index in [2.05, 4.69) is 10.3 Å². The summed E-state index contributed by atoms with van der Waals surface area (Å²) in [6.45, 7) is 1.69. The van der Waals surface area contributed by atoms with Gasteiger partial charge < -0.3 is 10.4 Å². The van der Waals surface area contributed by atoms with E-state index in [1.165, 1.54) is 0 Å². The highest BCUT2D eigenvalue weighted by atomic mass is 16.3. The number of para-hydroxylation sites is 2. The van der Waals surface area contributed by atoms with Crippen LogP contribution in [-0.2, 0) is 6.61 Å². The number of rotatable bonds is 4. The Balaban J connectivity index is 2.03. The number of aryl methyl sites for hydroxylation is 1. The number of aliphatic hydroxyl groups is 1. The third kappa shape index (κ3) is 3.20. The number of pyridine rings is 2. The first-order valence-electron chi connectivity index (χ1n) is 8.72. The van der Waals surface area contributed by atoms with Crippen LogP contribution in [-0.4, -0.2) is 14.7 Å². The summed E-state index contributed by atoms with van der Waals surface area (Å²) < 4.78 is 1.93. The van der Waals surface area contributed by atoms with Crippen LogP contribution in [0.25, 0.3) is 16.7 Å². The van der Waals surface area contributed by atoms with E-state index in [1.807, 2.05) is 72.2 Å². The molecule has 0 fully saturated rings. The van der Waals surface area contributed by atoms with Gasteiger partial charge in [0.15, 0.2) is 5.43 Å². The molecule has 0 aliphatic rings. The Morgan fingerprint density at radius 3 is 2.33 bits per heavy atom. The number of aliphatic hydroxyl groups excluding tert-OH is 1. The van der Waals surface area contributed by atoms with Crippen molar-refractivity contribution in [1.29, 1.82) is 0 Å². The van der Waals surface area contributed by atoms with Crippen LogP contribution in [0.1, 0.15) is 11.3 Å². The second-order valence-corrected chi connectivity index (χ2v) is 6.32. The molecule has 2 aromatic carbocycles. The summed E-state index contributed by atoms with van der Waals surface area (Å²) >= 11 is 0. The normalized spacial score (nSPS) is 10.9. The van der Waals surface area contributed by atoms with Crippen LogP contribution in [0, 0.1) is 6.92 Å². The third-order valence-electron chi connectivity index (χ3n) is 4.51. The Morgan fingerprint density at radius 2 is 1.67 bits per heavy atom. The van der Waals surface area contributed by atoms with E-state index in [9.17, 15) is 9.90 Å². The van der Waals surface area contributed by atoms with Crippen molar-refractivity contribution in [3.05, 3.63) is 94.3 Å². The minimum Gasteiger partial charge on any atom is -0.392 e. The third-order valence-corrected chi connectivity index (χ3v) is 4.51. The number of fused-ring (bicyclic) bond motifs is 1. The van der Waals surface area contributed by atoms with Gasteiger partial charge in [0.2, 0.25) is 0 Å². The predicted octanol–water partition coefficient (Wildman–Crippen LogP) is 3.93. The standard InChI is InChI=1S/C22H19N3O2/c1-15-16(14-26)12-19-20(27)13-21(24-17-8-4-2-5-9-17)25(22(19)23-15)18-10-6-3-7-11-18/h2-13,24,26H,14H2,1H3. The van der Waals surface area contributed by atoms with Crippen LogP contribution in [0.3, 0.4) is 0 Å². The molecule has 0 bridgehead atoms. The van der Waals surface area contributed by atoms with Crippen molar-refractivity contribution in [2.24, 2.45) is 0 Å². The number of nitrogens with zero attached hydrogens (tertiary/aromatic N) is 2. The van der Waals surface area contributed by atoms with Gasteiger partial charge in [-0.2, -0.15) is 0 Å². The van der Waals surface area contributed by atoms with Crippen molar-refractivity contribution in [2.45, 2.75) is 13.5 Å². The van der Waals surface area contributed by atoms with Gasteiger partial charge in [0.05, 0.1) is 12.0 Å². The first kappa shape index (κ1) is 17.0. The number of anilines is 2. The quantitative estimate of drug-likeness (QED) is 0.581. The second kappa shape index (κ2) is 7.05. The zero-order valence-corrected chi connectivity index (χ0v) is 14.9. The Hall–Kier alpha value is -3.44. The lowest BCUT2D eigenvalue weighted by molar-refractivity contribution is 0.280. The molecule has 0 unspecified atom stereocenters. The fourth-order valence-corrected chi connectivity index (χ4v) is 3.13. The Bertz CT molecular complexity index is 1150. The number of benzene rings is 2. The van der Waals surface area contributed by atoms with Gasteiger partial charge in [-0.05, 0) is 42.8 Å². The topological polar surface area (TPSA) is 67.2 Å². The van der Waals surface area contributed by atoms with Gasteiger partial charge in [0.1, 0.15) is 11.5 Å². The summed E-state index contributed by atoms with van der Waals surface area (Å²) in [7, 11) is 0. The van der Waals surface area contributed by atoms with Gasteiger partial charge in [0, 0.05) is 23.1 Å². The van der Waals surface area contributed by atoms with Crippen LogP contribution in [0.2, 0.25) is 0 Å². The maximum absolute atomic E-state index is 12.8. The molecule has 134 valence electrons. The van der Waals surface area contributed by atoms with Crippen molar-refractivity contribution in [2.75, 3.05) is 5.32 Å². The Kier molecular flexibility index (Phi) is 4.44. The second-order valence-electron chi connectivity index (χ2n) is 6.32. The molecule has 4 rings (SSSR count). The lowest BCUT2D eigenvalue weighted by Crippen LogP contribution is -2.14. The summed E-state index contributed by atoms with van der Waals surface area (Å²) in [4.78, 5) is 17.4. The van der Waals surface area contributed by atoms with Gasteiger partial charge in [0.25, 0.3) is 0 Å². The maximum Gasteiger partial charge on any atom is 0.193 e. The highest BCUT2D eigenvalue weighted by Crippen LogP contribution is 2.25. The molecule has 5 nitrogen and oxygen atoms in total. The summed E-state index contributed by atoms with van der Waals surface area (Å²) in [6, 6.07) is 22.8. The molecule has 4 aromatic rings. The monoisotopic (exact) mass is 357 g/mol. The molecule has 2 heterocycles. The molecule has 0 amide bonds. The predicted molar refractivity (Wildman–Crippen MR) is 108 cm³/mol.